The van der Waals surface area contributed by atoms with Crippen LogP contribution in [0, 0.1) is 5.92 Å². The molecular weight excluding hydrogens is 520 g/mol. The maximum absolute atomic E-state index is 13.9. The van der Waals surface area contributed by atoms with E-state index in [1.54, 1.807) is 77.9 Å². The summed E-state index contributed by atoms with van der Waals surface area (Å²) < 4.78 is 11.2. The van der Waals surface area contributed by atoms with Crippen molar-refractivity contribution < 1.29 is 28.7 Å². The molecule has 6 rings (SSSR count). The van der Waals surface area contributed by atoms with E-state index in [2.05, 4.69) is 0 Å². The first-order valence-corrected chi connectivity index (χ1v) is 13.5. The number of imide groups is 1. The normalized spacial score (nSPS) is 19.8. The first-order chi connectivity index (χ1) is 20.0. The minimum Gasteiger partial charge on any atom is -0.494 e. The number of carbonyl (C=O) groups is 3. The highest BCUT2D eigenvalue weighted by atomic mass is 16.7. The zero-order valence-electron chi connectivity index (χ0n) is 22.4. The van der Waals surface area contributed by atoms with Crippen LogP contribution in [0.4, 0.5) is 11.4 Å². The van der Waals surface area contributed by atoms with Gasteiger partial charge in [0.05, 0.1) is 29.6 Å². The van der Waals surface area contributed by atoms with E-state index in [0.29, 0.717) is 29.4 Å². The summed E-state index contributed by atoms with van der Waals surface area (Å²) in [5, 5.41) is 1.63. The molecule has 8 nitrogen and oxygen atoms in total. The van der Waals surface area contributed by atoms with Crippen molar-refractivity contribution >= 4 is 29.2 Å². The molecule has 0 aromatic heterocycles. The third-order valence-electron chi connectivity index (χ3n) is 7.14. The van der Waals surface area contributed by atoms with E-state index in [9.17, 15) is 14.4 Å². The van der Waals surface area contributed by atoms with Crippen LogP contribution in [0.1, 0.15) is 35.3 Å². The van der Waals surface area contributed by atoms with Crippen LogP contribution in [0.2, 0.25) is 0 Å². The van der Waals surface area contributed by atoms with Gasteiger partial charge in [0.1, 0.15) is 17.4 Å². The van der Waals surface area contributed by atoms with Crippen LogP contribution in [0.5, 0.6) is 11.5 Å². The van der Waals surface area contributed by atoms with Crippen molar-refractivity contribution in [3.05, 3.63) is 120 Å². The average molecular weight is 549 g/mol. The Morgan fingerprint density at radius 2 is 1.39 bits per heavy atom. The summed E-state index contributed by atoms with van der Waals surface area (Å²) in [6, 6.07) is 31.4. The number of anilines is 2. The molecule has 41 heavy (non-hydrogen) atoms. The summed E-state index contributed by atoms with van der Waals surface area (Å²) in [6.07, 6.45) is -0.110. The van der Waals surface area contributed by atoms with E-state index in [1.165, 1.54) is 4.90 Å². The van der Waals surface area contributed by atoms with Gasteiger partial charge in [-0.15, -0.1) is 0 Å². The van der Waals surface area contributed by atoms with Crippen LogP contribution in [-0.2, 0) is 14.4 Å². The topological polar surface area (TPSA) is 85.4 Å². The van der Waals surface area contributed by atoms with Crippen molar-refractivity contribution in [2.75, 3.05) is 16.6 Å². The second kappa shape index (κ2) is 11.3. The van der Waals surface area contributed by atoms with Crippen LogP contribution in [-0.4, -0.2) is 30.5 Å². The number of hydrogen-bond donors (Lipinski definition) is 0. The van der Waals surface area contributed by atoms with Gasteiger partial charge in [-0.05, 0) is 72.6 Å². The second-order valence-corrected chi connectivity index (χ2v) is 9.84. The van der Waals surface area contributed by atoms with Crippen LogP contribution in [0.15, 0.2) is 109 Å². The Balaban J connectivity index is 1.29. The third-order valence-corrected chi connectivity index (χ3v) is 7.14. The number of hydroxylamine groups is 1. The molecule has 0 saturated carbocycles. The Labute approximate surface area is 237 Å². The lowest BCUT2D eigenvalue weighted by molar-refractivity contribution is -0.126. The van der Waals surface area contributed by atoms with Crippen LogP contribution in [0.25, 0.3) is 0 Å². The molecule has 0 aliphatic carbocycles. The summed E-state index contributed by atoms with van der Waals surface area (Å²) >= 11 is 0. The Morgan fingerprint density at radius 1 is 0.756 bits per heavy atom. The highest BCUT2D eigenvalue weighted by Gasteiger charge is 2.60. The second-order valence-electron chi connectivity index (χ2n) is 9.84. The SMILES string of the molecule is CCCOc1ccc(N2C(=O)[C@@H]3[C@H](ON(c4ccccc4)[C@H]3c3ccc(OC(=O)c4ccccc4)cc3)C2=O)cc1. The molecule has 0 bridgehead atoms. The van der Waals surface area contributed by atoms with Crippen LogP contribution >= 0.6 is 0 Å². The molecule has 4 aromatic carbocycles. The monoisotopic (exact) mass is 548 g/mol. The van der Waals surface area contributed by atoms with E-state index >= 15 is 0 Å². The van der Waals surface area contributed by atoms with Crippen molar-refractivity contribution in [2.24, 2.45) is 5.92 Å². The van der Waals surface area contributed by atoms with Gasteiger partial charge in [-0.25, -0.2) is 14.8 Å². The number of rotatable bonds is 8. The quantitative estimate of drug-likeness (QED) is 0.158. The standard InChI is InChI=1S/C33H28N2O6/c1-2-21-39-26-19-15-24(16-20-26)34-31(36)28-29(35(41-30(28)32(34)37)25-11-7-4-8-12-25)22-13-17-27(18-14-22)40-33(38)23-9-5-3-6-10-23/h3-20,28-30H,2,21H2,1H3/t28-,29-,30-/m0/s1. The minimum atomic E-state index is -0.987. The van der Waals surface area contributed by atoms with Gasteiger partial charge in [-0.3, -0.25) is 14.4 Å². The molecule has 0 N–H and O–H groups in total. The number of hydrogen-bond acceptors (Lipinski definition) is 7. The number of nitrogens with zero attached hydrogens (tertiary/aromatic N) is 2. The summed E-state index contributed by atoms with van der Waals surface area (Å²) in [5.74, 6) is -0.968. The largest absolute Gasteiger partial charge is 0.494 e. The smallest absolute Gasteiger partial charge is 0.343 e. The van der Waals surface area contributed by atoms with E-state index in [-0.39, 0.29) is 5.91 Å². The van der Waals surface area contributed by atoms with E-state index < -0.39 is 29.9 Å². The Kier molecular flexibility index (Phi) is 7.22. The summed E-state index contributed by atoms with van der Waals surface area (Å²) in [4.78, 5) is 47.4. The fourth-order valence-corrected chi connectivity index (χ4v) is 5.19. The average Bonchev–Trinajstić information content (AvgIpc) is 3.53. The molecular formula is C33H28N2O6. The number of ether oxygens (including phenoxy) is 2. The van der Waals surface area contributed by atoms with Gasteiger partial charge in [0.2, 0.25) is 5.91 Å². The van der Waals surface area contributed by atoms with Gasteiger partial charge < -0.3 is 9.47 Å². The van der Waals surface area contributed by atoms with Crippen molar-refractivity contribution in [3.8, 4) is 11.5 Å². The van der Waals surface area contributed by atoms with Crippen molar-refractivity contribution in [1.82, 2.24) is 0 Å². The lowest BCUT2D eigenvalue weighted by atomic mass is 9.90. The molecule has 3 atom stereocenters. The molecule has 0 radical (unpaired) electrons. The zero-order chi connectivity index (χ0) is 28.3. The Morgan fingerprint density at radius 3 is 2.05 bits per heavy atom. The number of fused-ring (bicyclic) bond motifs is 1. The summed E-state index contributed by atoms with van der Waals surface area (Å²) in [5.41, 5.74) is 2.37. The molecule has 2 amide bonds. The molecule has 0 spiro atoms. The predicted octanol–water partition coefficient (Wildman–Crippen LogP) is 5.75. The first-order valence-electron chi connectivity index (χ1n) is 13.5. The molecule has 2 heterocycles. The van der Waals surface area contributed by atoms with Gasteiger partial charge in [0, 0.05) is 0 Å². The zero-order valence-corrected chi connectivity index (χ0v) is 22.4. The molecule has 2 aliphatic rings. The van der Waals surface area contributed by atoms with Gasteiger partial charge >= 0.3 is 5.97 Å². The molecule has 0 unspecified atom stereocenters. The first kappa shape index (κ1) is 26.3. The van der Waals surface area contributed by atoms with E-state index in [4.69, 9.17) is 14.3 Å². The minimum absolute atomic E-state index is 0.342. The van der Waals surface area contributed by atoms with Gasteiger partial charge in [-0.1, -0.05) is 55.5 Å². The Bertz CT molecular complexity index is 1540. The lowest BCUT2D eigenvalue weighted by Crippen LogP contribution is -2.37. The fourth-order valence-electron chi connectivity index (χ4n) is 5.19. The van der Waals surface area contributed by atoms with Gasteiger partial charge in [-0.2, -0.15) is 0 Å². The van der Waals surface area contributed by atoms with Gasteiger partial charge in [0.15, 0.2) is 6.10 Å². The van der Waals surface area contributed by atoms with Crippen molar-refractivity contribution in [1.29, 1.82) is 0 Å². The maximum atomic E-state index is 13.9. The number of amides is 2. The van der Waals surface area contributed by atoms with E-state index in [0.717, 1.165) is 17.7 Å². The number of benzene rings is 4. The third kappa shape index (κ3) is 5.05. The highest BCUT2D eigenvalue weighted by Crippen LogP contribution is 2.47. The van der Waals surface area contributed by atoms with Crippen LogP contribution < -0.4 is 19.4 Å². The molecule has 2 fully saturated rings. The predicted molar refractivity (Wildman–Crippen MR) is 153 cm³/mol. The fraction of sp³-hybridized carbons (Fsp3) is 0.182. The van der Waals surface area contributed by atoms with Crippen LogP contribution in [0.3, 0.4) is 0 Å². The molecule has 4 aromatic rings. The number of carbonyl (C=O) groups excluding carboxylic acids is 3. The summed E-state index contributed by atoms with van der Waals surface area (Å²) in [7, 11) is 0. The Hall–Kier alpha value is -4.95. The summed E-state index contributed by atoms with van der Waals surface area (Å²) in [6.45, 7) is 2.61. The highest BCUT2D eigenvalue weighted by molar-refractivity contribution is 6.24. The number of para-hydroxylation sites is 1. The molecule has 8 heteroatoms. The van der Waals surface area contributed by atoms with Gasteiger partial charge in [0.25, 0.3) is 5.91 Å². The van der Waals surface area contributed by atoms with Crippen molar-refractivity contribution in [2.45, 2.75) is 25.5 Å². The van der Waals surface area contributed by atoms with Crippen molar-refractivity contribution in [3.63, 3.8) is 0 Å². The molecule has 2 aliphatic heterocycles. The number of esters is 1. The molecule has 2 saturated heterocycles. The molecule has 206 valence electrons. The lowest BCUT2D eigenvalue weighted by Gasteiger charge is -2.28. The maximum Gasteiger partial charge on any atom is 0.343 e. The van der Waals surface area contributed by atoms with E-state index in [1.807, 2.05) is 43.3 Å².